The molecule has 2 nitrogen and oxygen atoms in total. The summed E-state index contributed by atoms with van der Waals surface area (Å²) >= 11 is 18.3. The van der Waals surface area contributed by atoms with E-state index in [-0.39, 0.29) is 0 Å². The zero-order chi connectivity index (χ0) is 14.7. The first-order valence-corrected chi connectivity index (χ1v) is 8.22. The molecule has 0 bridgehead atoms. The van der Waals surface area contributed by atoms with Crippen LogP contribution in [0.5, 0.6) is 0 Å². The average Bonchev–Trinajstić information content (AvgIpc) is 2.35. The van der Waals surface area contributed by atoms with Gasteiger partial charge in [0.25, 0.3) is 0 Å². The highest BCUT2D eigenvalue weighted by Gasteiger charge is 2.21. The van der Waals surface area contributed by atoms with E-state index in [4.69, 9.17) is 34.8 Å². The summed E-state index contributed by atoms with van der Waals surface area (Å²) in [6.07, 6.45) is 2.23. The third-order valence-corrected chi connectivity index (χ3v) is 4.38. The lowest BCUT2D eigenvalue weighted by Crippen LogP contribution is -2.40. The molecule has 0 radical (unpaired) electrons. The first-order chi connectivity index (χ1) is 9.45. The minimum atomic E-state index is 0.426. The molecule has 112 valence electrons. The van der Waals surface area contributed by atoms with E-state index in [0.717, 1.165) is 37.5 Å². The van der Waals surface area contributed by atoms with Gasteiger partial charge >= 0.3 is 0 Å². The molecule has 1 N–H and O–H groups in total. The lowest BCUT2D eigenvalue weighted by atomic mass is 10.0. The summed E-state index contributed by atoms with van der Waals surface area (Å²) in [5.74, 6) is 0.722. The Bertz CT molecular complexity index is 431. The quantitative estimate of drug-likeness (QED) is 0.815. The first kappa shape index (κ1) is 16.2. The highest BCUT2D eigenvalue weighted by atomic mass is 35.5. The number of rotatable bonds is 4. The van der Waals surface area contributed by atoms with Crippen molar-refractivity contribution in [3.63, 3.8) is 0 Å². The third-order valence-electron chi connectivity index (χ3n) is 3.57. The molecule has 2 rings (SSSR count). The van der Waals surface area contributed by atoms with E-state index in [0.29, 0.717) is 21.1 Å². The van der Waals surface area contributed by atoms with E-state index in [1.54, 1.807) is 12.1 Å². The van der Waals surface area contributed by atoms with Crippen molar-refractivity contribution in [2.75, 3.05) is 25.0 Å². The maximum absolute atomic E-state index is 6.21. The number of nitrogens with zero attached hydrogens (tertiary/aromatic N) is 1. The predicted molar refractivity (Wildman–Crippen MR) is 89.4 cm³/mol. The lowest BCUT2D eigenvalue weighted by Gasteiger charge is -2.34. The van der Waals surface area contributed by atoms with Crippen LogP contribution >= 0.6 is 34.8 Å². The summed E-state index contributed by atoms with van der Waals surface area (Å²) in [6, 6.07) is 3.88. The summed E-state index contributed by atoms with van der Waals surface area (Å²) in [5, 5.41) is 5.22. The fraction of sp³-hybridized carbons (Fsp3) is 0.600. The summed E-state index contributed by atoms with van der Waals surface area (Å²) in [4.78, 5) is 2.52. The van der Waals surface area contributed by atoms with Crippen LogP contribution in [0.4, 0.5) is 5.69 Å². The van der Waals surface area contributed by atoms with Crippen LogP contribution in [0.2, 0.25) is 15.1 Å². The summed E-state index contributed by atoms with van der Waals surface area (Å²) in [7, 11) is 0. The number of hydrogen-bond acceptors (Lipinski definition) is 2. The number of hydrogen-bond donors (Lipinski definition) is 1. The van der Waals surface area contributed by atoms with Gasteiger partial charge in [-0.15, -0.1) is 0 Å². The van der Waals surface area contributed by atoms with Gasteiger partial charge in [-0.3, -0.25) is 0 Å². The fourth-order valence-electron chi connectivity index (χ4n) is 2.66. The zero-order valence-electron chi connectivity index (χ0n) is 11.9. The smallest absolute Gasteiger partial charge is 0.0722 e. The molecule has 0 aromatic heterocycles. The van der Waals surface area contributed by atoms with Gasteiger partial charge in [0.1, 0.15) is 0 Å². The van der Waals surface area contributed by atoms with Crippen LogP contribution < -0.4 is 5.32 Å². The van der Waals surface area contributed by atoms with E-state index >= 15 is 0 Å². The van der Waals surface area contributed by atoms with Crippen molar-refractivity contribution in [2.45, 2.75) is 32.7 Å². The van der Waals surface area contributed by atoms with Crippen LogP contribution in [0.1, 0.15) is 26.7 Å². The van der Waals surface area contributed by atoms with Crippen molar-refractivity contribution in [3.8, 4) is 0 Å². The molecular formula is C15H21Cl3N2. The molecule has 1 aromatic rings. The molecule has 0 saturated carbocycles. The maximum Gasteiger partial charge on any atom is 0.0722 e. The van der Waals surface area contributed by atoms with Crippen LogP contribution in [0.15, 0.2) is 12.1 Å². The van der Waals surface area contributed by atoms with E-state index in [1.807, 2.05) is 0 Å². The Morgan fingerprint density at radius 1 is 1.15 bits per heavy atom. The van der Waals surface area contributed by atoms with Gasteiger partial charge in [0.05, 0.1) is 15.7 Å². The zero-order valence-corrected chi connectivity index (χ0v) is 14.2. The molecule has 0 atom stereocenters. The Balaban J connectivity index is 1.93. The molecule has 0 spiro atoms. The van der Waals surface area contributed by atoms with Gasteiger partial charge < -0.3 is 10.2 Å². The number of nitrogens with one attached hydrogen (secondary N) is 1. The molecule has 5 heteroatoms. The molecule has 1 fully saturated rings. The van der Waals surface area contributed by atoms with Gasteiger partial charge in [-0.1, -0.05) is 48.7 Å². The molecule has 0 aliphatic carbocycles. The van der Waals surface area contributed by atoms with Gasteiger partial charge in [-0.25, -0.2) is 0 Å². The van der Waals surface area contributed by atoms with E-state index in [1.165, 1.54) is 6.54 Å². The second kappa shape index (κ2) is 7.22. The van der Waals surface area contributed by atoms with Crippen LogP contribution in [-0.4, -0.2) is 30.6 Å². The highest BCUT2D eigenvalue weighted by molar-refractivity contribution is 6.41. The minimum Gasteiger partial charge on any atom is -0.380 e. The largest absolute Gasteiger partial charge is 0.380 e. The topological polar surface area (TPSA) is 15.3 Å². The summed E-state index contributed by atoms with van der Waals surface area (Å²) in [5.41, 5.74) is 0.806. The third kappa shape index (κ3) is 4.42. The summed E-state index contributed by atoms with van der Waals surface area (Å²) in [6.45, 7) is 7.95. The van der Waals surface area contributed by atoms with E-state index in [9.17, 15) is 0 Å². The molecule has 1 heterocycles. The number of likely N-dealkylation sites (tertiary alicyclic amines) is 1. The second-order valence-corrected chi connectivity index (χ2v) is 7.11. The first-order valence-electron chi connectivity index (χ1n) is 7.09. The van der Waals surface area contributed by atoms with Crippen LogP contribution in [0.3, 0.4) is 0 Å². The Labute approximate surface area is 136 Å². The standard InChI is InChI=1S/C15H21Cl3N2/c1-10(2)9-20-5-3-12(4-6-20)19-15-13(17)7-11(16)8-14(15)18/h7-8,10,12,19H,3-6,9H2,1-2H3. The molecule has 1 aliphatic rings. The van der Waals surface area contributed by atoms with Crippen molar-refractivity contribution >= 4 is 40.5 Å². The van der Waals surface area contributed by atoms with Crippen molar-refractivity contribution < 1.29 is 0 Å². The van der Waals surface area contributed by atoms with Gasteiger partial charge in [0, 0.05) is 30.7 Å². The molecule has 1 aliphatic heterocycles. The summed E-state index contributed by atoms with van der Waals surface area (Å²) < 4.78 is 0. The van der Waals surface area contributed by atoms with E-state index < -0.39 is 0 Å². The average molecular weight is 336 g/mol. The molecule has 20 heavy (non-hydrogen) atoms. The number of piperidine rings is 1. The SMILES string of the molecule is CC(C)CN1CCC(Nc2c(Cl)cc(Cl)cc2Cl)CC1. The van der Waals surface area contributed by atoms with Crippen LogP contribution in [0, 0.1) is 5.92 Å². The molecule has 0 unspecified atom stereocenters. The van der Waals surface area contributed by atoms with Crippen molar-refractivity contribution in [1.29, 1.82) is 0 Å². The van der Waals surface area contributed by atoms with Gasteiger partial charge in [0.15, 0.2) is 0 Å². The Morgan fingerprint density at radius 3 is 2.20 bits per heavy atom. The van der Waals surface area contributed by atoms with E-state index in [2.05, 4.69) is 24.1 Å². The Morgan fingerprint density at radius 2 is 1.70 bits per heavy atom. The highest BCUT2D eigenvalue weighted by Crippen LogP contribution is 2.35. The van der Waals surface area contributed by atoms with Crippen molar-refractivity contribution in [1.82, 2.24) is 4.90 Å². The number of anilines is 1. The van der Waals surface area contributed by atoms with Crippen molar-refractivity contribution in [2.24, 2.45) is 5.92 Å². The normalized spacial score (nSPS) is 17.7. The van der Waals surface area contributed by atoms with Gasteiger partial charge in [-0.05, 0) is 30.9 Å². The lowest BCUT2D eigenvalue weighted by molar-refractivity contribution is 0.198. The maximum atomic E-state index is 6.21. The number of benzene rings is 1. The molecule has 0 amide bonds. The number of halogens is 3. The monoisotopic (exact) mass is 334 g/mol. The molecular weight excluding hydrogens is 315 g/mol. The van der Waals surface area contributed by atoms with Crippen LogP contribution in [0.25, 0.3) is 0 Å². The van der Waals surface area contributed by atoms with Crippen molar-refractivity contribution in [3.05, 3.63) is 27.2 Å². The van der Waals surface area contributed by atoms with Crippen LogP contribution in [-0.2, 0) is 0 Å². The Kier molecular flexibility index (Phi) is 5.85. The molecule has 1 saturated heterocycles. The Hall–Kier alpha value is -0.150. The fourth-order valence-corrected chi connectivity index (χ4v) is 3.59. The van der Waals surface area contributed by atoms with Gasteiger partial charge in [-0.2, -0.15) is 0 Å². The van der Waals surface area contributed by atoms with Gasteiger partial charge in [0.2, 0.25) is 0 Å². The predicted octanol–water partition coefficient (Wildman–Crippen LogP) is 5.18. The minimum absolute atomic E-state index is 0.426. The molecule has 1 aromatic carbocycles. The second-order valence-electron chi connectivity index (χ2n) is 5.86.